The van der Waals surface area contributed by atoms with Crippen LogP contribution in [0.4, 0.5) is 4.39 Å². The smallest absolute Gasteiger partial charge is 0.283 e. The van der Waals surface area contributed by atoms with E-state index in [-0.39, 0.29) is 22.3 Å². The topological polar surface area (TPSA) is 50.3 Å². The van der Waals surface area contributed by atoms with Crippen LogP contribution < -0.4 is 10.3 Å². The Morgan fingerprint density at radius 3 is 2.40 bits per heavy atom. The van der Waals surface area contributed by atoms with Crippen LogP contribution in [0.15, 0.2) is 53.3 Å². The lowest BCUT2D eigenvalue weighted by Crippen LogP contribution is -2.35. The van der Waals surface area contributed by atoms with E-state index < -0.39 is 0 Å². The Hall–Kier alpha value is -2.28. The lowest BCUT2D eigenvalue weighted by atomic mass is 9.91. The van der Waals surface area contributed by atoms with Crippen LogP contribution in [0, 0.1) is 11.7 Å². The largest absolute Gasteiger partial charge is 0.494 e. The van der Waals surface area contributed by atoms with Crippen molar-refractivity contribution >= 4 is 23.2 Å². The number of H-pyrrole nitrogens is 1. The van der Waals surface area contributed by atoms with Crippen molar-refractivity contribution in [1.82, 2.24) is 14.7 Å². The van der Waals surface area contributed by atoms with E-state index in [9.17, 15) is 9.18 Å². The fraction of sp³-hybridized carbons (Fsp3) is 0.444. The van der Waals surface area contributed by atoms with E-state index in [0.717, 1.165) is 62.3 Å². The zero-order chi connectivity index (χ0) is 24.8. The van der Waals surface area contributed by atoms with Gasteiger partial charge in [-0.2, -0.15) is 0 Å². The van der Waals surface area contributed by atoms with Crippen LogP contribution in [0.1, 0.15) is 42.9 Å². The second-order valence-corrected chi connectivity index (χ2v) is 10.2. The number of nitrogens with zero attached hydrogens (tertiary/aromatic N) is 2. The molecule has 0 bridgehead atoms. The summed E-state index contributed by atoms with van der Waals surface area (Å²) >= 11 is 12.3. The van der Waals surface area contributed by atoms with Crippen LogP contribution in [-0.2, 0) is 13.5 Å². The molecular weight excluding hydrogens is 488 g/mol. The molecule has 1 atom stereocenters. The zero-order valence-electron chi connectivity index (χ0n) is 20.0. The fourth-order valence-electron chi connectivity index (χ4n) is 4.93. The molecule has 3 aromatic rings. The Morgan fingerprint density at radius 1 is 1.09 bits per heavy atom. The summed E-state index contributed by atoms with van der Waals surface area (Å²) in [6.45, 7) is 3.74. The average Bonchev–Trinajstić information content (AvgIpc) is 3.11. The molecule has 0 radical (unpaired) electrons. The number of aromatic nitrogens is 2. The van der Waals surface area contributed by atoms with Crippen molar-refractivity contribution in [1.29, 1.82) is 0 Å². The highest BCUT2D eigenvalue weighted by Crippen LogP contribution is 2.30. The van der Waals surface area contributed by atoms with Gasteiger partial charge in [0.2, 0.25) is 0 Å². The molecule has 1 aliphatic heterocycles. The number of benzene rings is 2. The molecule has 2 heterocycles. The second kappa shape index (κ2) is 12.1. The molecule has 1 aromatic heterocycles. The maximum atomic E-state index is 13.4. The van der Waals surface area contributed by atoms with Gasteiger partial charge in [0.1, 0.15) is 16.6 Å². The molecule has 1 saturated heterocycles. The van der Waals surface area contributed by atoms with E-state index in [1.807, 2.05) is 31.3 Å². The van der Waals surface area contributed by atoms with E-state index in [0.29, 0.717) is 24.0 Å². The van der Waals surface area contributed by atoms with E-state index >= 15 is 0 Å². The molecule has 5 nitrogen and oxygen atoms in total. The van der Waals surface area contributed by atoms with Crippen LogP contribution in [0.5, 0.6) is 5.75 Å². The first-order valence-electron chi connectivity index (χ1n) is 12.2. The molecule has 35 heavy (non-hydrogen) atoms. The lowest BCUT2D eigenvalue weighted by molar-refractivity contribution is 0.159. The summed E-state index contributed by atoms with van der Waals surface area (Å²) in [5, 5.41) is 3.73. The highest BCUT2D eigenvalue weighted by Gasteiger charge is 2.24. The molecule has 8 heteroatoms. The van der Waals surface area contributed by atoms with Crippen molar-refractivity contribution in [3.05, 3.63) is 86.0 Å². The molecule has 0 saturated carbocycles. The Labute approximate surface area is 215 Å². The molecule has 1 fully saturated rings. The number of rotatable bonds is 10. The Morgan fingerprint density at radius 2 is 1.77 bits per heavy atom. The van der Waals surface area contributed by atoms with Crippen molar-refractivity contribution in [3.63, 3.8) is 0 Å². The number of hydrogen-bond acceptors (Lipinski definition) is 3. The van der Waals surface area contributed by atoms with Gasteiger partial charge < -0.3 is 9.64 Å². The molecule has 1 aliphatic rings. The van der Waals surface area contributed by atoms with Gasteiger partial charge >= 0.3 is 0 Å². The van der Waals surface area contributed by atoms with Crippen LogP contribution in [0.25, 0.3) is 0 Å². The maximum Gasteiger partial charge on any atom is 0.283 e. The Balaban J connectivity index is 1.29. The van der Waals surface area contributed by atoms with Gasteiger partial charge in [0.25, 0.3) is 5.56 Å². The minimum Gasteiger partial charge on any atom is -0.494 e. The summed E-state index contributed by atoms with van der Waals surface area (Å²) in [5.41, 5.74) is 1.57. The number of nitrogens with one attached hydrogen (secondary N) is 1. The summed E-state index contributed by atoms with van der Waals surface area (Å²) < 4.78 is 21.0. The highest BCUT2D eigenvalue weighted by atomic mass is 35.5. The fourth-order valence-corrected chi connectivity index (χ4v) is 5.38. The second-order valence-electron chi connectivity index (χ2n) is 9.39. The van der Waals surface area contributed by atoms with Gasteiger partial charge in [0.15, 0.2) is 0 Å². The number of aryl methyl sites for hydroxylation is 1. The predicted octanol–water partition coefficient (Wildman–Crippen LogP) is 6.06. The zero-order valence-corrected chi connectivity index (χ0v) is 21.5. The van der Waals surface area contributed by atoms with Crippen LogP contribution in [0.3, 0.4) is 0 Å². The van der Waals surface area contributed by atoms with Crippen LogP contribution in [-0.4, -0.2) is 40.9 Å². The molecule has 1 N–H and O–H groups in total. The summed E-state index contributed by atoms with van der Waals surface area (Å²) in [4.78, 5) is 14.6. The molecule has 4 rings (SSSR count). The normalized spacial score (nSPS) is 15.9. The van der Waals surface area contributed by atoms with Gasteiger partial charge in [0.05, 0.1) is 12.3 Å². The minimum absolute atomic E-state index is 0.0578. The number of ether oxygens (including phenoxy) is 1. The van der Waals surface area contributed by atoms with Crippen molar-refractivity contribution in [2.75, 3.05) is 26.2 Å². The first-order valence-corrected chi connectivity index (χ1v) is 12.9. The van der Waals surface area contributed by atoms with Crippen molar-refractivity contribution in [3.8, 4) is 5.75 Å². The average molecular weight is 520 g/mol. The van der Waals surface area contributed by atoms with Gasteiger partial charge in [0, 0.05) is 18.0 Å². The number of halogens is 3. The number of aromatic amines is 1. The molecule has 0 aliphatic carbocycles. The molecule has 188 valence electrons. The van der Waals surface area contributed by atoms with E-state index in [2.05, 4.69) is 10.00 Å². The third-order valence-electron chi connectivity index (χ3n) is 6.95. The Bertz CT molecular complexity index is 1140. The first kappa shape index (κ1) is 25.8. The third kappa shape index (κ3) is 7.12. The minimum atomic E-state index is -0.269. The van der Waals surface area contributed by atoms with Gasteiger partial charge in [-0.25, -0.2) is 4.39 Å². The number of piperidine rings is 1. The van der Waals surface area contributed by atoms with Crippen LogP contribution in [0.2, 0.25) is 10.0 Å². The van der Waals surface area contributed by atoms with Crippen LogP contribution >= 0.6 is 23.2 Å². The van der Waals surface area contributed by atoms with Gasteiger partial charge in [-0.3, -0.25) is 14.6 Å². The molecular formula is C27H32Cl2FN3O2. The summed E-state index contributed by atoms with van der Waals surface area (Å²) in [7, 11) is 1.82. The maximum absolute atomic E-state index is 13.4. The number of hydrogen-bond donors (Lipinski definition) is 1. The number of likely N-dealkylation sites (tertiary alicyclic amines) is 1. The summed E-state index contributed by atoms with van der Waals surface area (Å²) in [5.74, 6) is 1.33. The van der Waals surface area contributed by atoms with Gasteiger partial charge in [-0.15, -0.1) is 0 Å². The van der Waals surface area contributed by atoms with E-state index in [1.54, 1.807) is 16.8 Å². The molecule has 0 spiro atoms. The first-order chi connectivity index (χ1) is 16.9. The van der Waals surface area contributed by atoms with E-state index in [4.69, 9.17) is 27.9 Å². The van der Waals surface area contributed by atoms with Crippen molar-refractivity contribution in [2.45, 2.75) is 38.0 Å². The summed E-state index contributed by atoms with van der Waals surface area (Å²) in [6, 6.07) is 14.1. The van der Waals surface area contributed by atoms with E-state index in [1.165, 1.54) is 12.1 Å². The standard InChI is InChI=1S/C27H32Cl2FN3O2/c1-32-26(25(29)27(34)31-32)21(18-20-2-6-23(30)7-3-20)12-16-33-14-10-19(11-15-33)13-17-35-24-8-4-22(28)5-9-24/h2-9,19,21H,10-18H2,1H3,(H,31,34). The van der Waals surface area contributed by atoms with Gasteiger partial charge in [-0.1, -0.05) is 35.3 Å². The summed E-state index contributed by atoms with van der Waals surface area (Å²) in [6.07, 6.45) is 4.91. The SMILES string of the molecule is Cn1[nH]c(=O)c(Cl)c1C(CCN1CCC(CCOc2ccc(Cl)cc2)CC1)Cc1ccc(F)cc1. The third-order valence-corrected chi connectivity index (χ3v) is 7.56. The lowest BCUT2D eigenvalue weighted by Gasteiger charge is -2.33. The highest BCUT2D eigenvalue weighted by molar-refractivity contribution is 6.31. The Kier molecular flexibility index (Phi) is 8.93. The van der Waals surface area contributed by atoms with Gasteiger partial charge in [-0.05, 0) is 99.6 Å². The van der Waals surface area contributed by atoms with Crippen molar-refractivity contribution < 1.29 is 9.13 Å². The monoisotopic (exact) mass is 519 g/mol. The molecule has 2 aromatic carbocycles. The molecule has 0 amide bonds. The predicted molar refractivity (Wildman–Crippen MR) is 139 cm³/mol. The molecule has 1 unspecified atom stereocenters. The van der Waals surface area contributed by atoms with Crippen molar-refractivity contribution in [2.24, 2.45) is 13.0 Å². The quantitative estimate of drug-likeness (QED) is 0.354.